The van der Waals surface area contributed by atoms with Crippen molar-refractivity contribution in [2.45, 2.75) is 45.1 Å². The minimum Gasteiger partial charge on any atom is -0.318 e. The Morgan fingerprint density at radius 2 is 2.23 bits per heavy atom. The van der Waals surface area contributed by atoms with Crippen LogP contribution < -0.4 is 5.32 Å². The predicted octanol–water partition coefficient (Wildman–Crippen LogP) is 1.86. The lowest BCUT2D eigenvalue weighted by molar-refractivity contribution is 0.145. The summed E-state index contributed by atoms with van der Waals surface area (Å²) in [5.74, 6) is 0. The van der Waals surface area contributed by atoms with Crippen molar-refractivity contribution in [3.63, 3.8) is 0 Å². The van der Waals surface area contributed by atoms with Gasteiger partial charge in [-0.25, -0.2) is 0 Å². The van der Waals surface area contributed by atoms with E-state index >= 15 is 0 Å². The molecule has 1 saturated heterocycles. The van der Waals surface area contributed by atoms with E-state index in [1.165, 1.54) is 51.7 Å². The summed E-state index contributed by atoms with van der Waals surface area (Å²) in [6.07, 6.45) is 6.91. The molecular weight excluding hydrogens is 160 g/mol. The quantitative estimate of drug-likeness (QED) is 0.701. The van der Waals surface area contributed by atoms with Gasteiger partial charge in [0.15, 0.2) is 0 Å². The third-order valence-electron chi connectivity index (χ3n) is 2.99. The maximum Gasteiger partial charge on any atom is 0.0220 e. The Labute approximate surface area is 82.7 Å². The molecule has 1 aliphatic heterocycles. The summed E-state index contributed by atoms with van der Waals surface area (Å²) in [6.45, 7) is 6.08. The number of piperidine rings is 1. The van der Waals surface area contributed by atoms with Gasteiger partial charge in [-0.2, -0.15) is 0 Å². The van der Waals surface area contributed by atoms with Gasteiger partial charge < -0.3 is 5.32 Å². The fraction of sp³-hybridized carbons (Fsp3) is 1.00. The predicted molar refractivity (Wildman–Crippen MR) is 58.0 cm³/mol. The topological polar surface area (TPSA) is 15.3 Å². The molecule has 1 atom stereocenters. The molecule has 2 heteroatoms. The fourth-order valence-electron chi connectivity index (χ4n) is 2.18. The lowest BCUT2D eigenvalue weighted by atomic mass is 10.0. The van der Waals surface area contributed by atoms with Crippen molar-refractivity contribution in [1.29, 1.82) is 0 Å². The van der Waals surface area contributed by atoms with E-state index in [0.29, 0.717) is 0 Å². The highest BCUT2D eigenvalue weighted by Gasteiger charge is 2.20. The van der Waals surface area contributed by atoms with Crippen molar-refractivity contribution in [1.82, 2.24) is 10.2 Å². The average molecular weight is 184 g/mol. The van der Waals surface area contributed by atoms with Crippen LogP contribution in [0.2, 0.25) is 0 Å². The van der Waals surface area contributed by atoms with Gasteiger partial charge in [0, 0.05) is 12.6 Å². The normalized spacial score (nSPS) is 24.9. The zero-order valence-electron chi connectivity index (χ0n) is 9.18. The van der Waals surface area contributed by atoms with Crippen LogP contribution in [-0.2, 0) is 0 Å². The molecule has 0 aliphatic carbocycles. The van der Waals surface area contributed by atoms with Crippen LogP contribution in [0.5, 0.6) is 0 Å². The van der Waals surface area contributed by atoms with Crippen molar-refractivity contribution in [3.05, 3.63) is 0 Å². The lowest BCUT2D eigenvalue weighted by Crippen LogP contribution is -2.45. The Hall–Kier alpha value is -0.0800. The summed E-state index contributed by atoms with van der Waals surface area (Å²) in [5.41, 5.74) is 0. The fourth-order valence-corrected chi connectivity index (χ4v) is 2.18. The number of nitrogens with one attached hydrogen (secondary N) is 1. The largest absolute Gasteiger partial charge is 0.318 e. The van der Waals surface area contributed by atoms with Gasteiger partial charge in [-0.05, 0) is 39.4 Å². The molecule has 0 bridgehead atoms. The molecular formula is C11H24N2. The second-order valence-corrected chi connectivity index (χ2v) is 4.10. The second kappa shape index (κ2) is 6.39. The number of unbranched alkanes of at least 4 members (excludes halogenated alkanes) is 1. The van der Waals surface area contributed by atoms with Gasteiger partial charge in [0.2, 0.25) is 0 Å². The van der Waals surface area contributed by atoms with Gasteiger partial charge in [-0.15, -0.1) is 0 Å². The van der Waals surface area contributed by atoms with Crippen molar-refractivity contribution < 1.29 is 0 Å². The molecule has 0 aromatic heterocycles. The molecule has 2 nitrogen and oxygen atoms in total. The second-order valence-electron chi connectivity index (χ2n) is 4.10. The molecule has 13 heavy (non-hydrogen) atoms. The number of hydrogen-bond acceptors (Lipinski definition) is 2. The Kier molecular flexibility index (Phi) is 5.40. The molecule has 0 amide bonds. The molecule has 0 radical (unpaired) electrons. The van der Waals surface area contributed by atoms with Gasteiger partial charge >= 0.3 is 0 Å². The molecule has 0 spiro atoms. The van der Waals surface area contributed by atoms with Gasteiger partial charge in [-0.3, -0.25) is 4.90 Å². The van der Waals surface area contributed by atoms with Crippen molar-refractivity contribution in [2.75, 3.05) is 26.7 Å². The van der Waals surface area contributed by atoms with E-state index in [4.69, 9.17) is 0 Å². The maximum atomic E-state index is 3.30. The smallest absolute Gasteiger partial charge is 0.0220 e. The molecule has 1 fully saturated rings. The summed E-state index contributed by atoms with van der Waals surface area (Å²) in [6, 6.07) is 0.810. The highest BCUT2D eigenvalue weighted by molar-refractivity contribution is 4.77. The van der Waals surface area contributed by atoms with Crippen LogP contribution in [0.4, 0.5) is 0 Å². The molecule has 1 heterocycles. The maximum absolute atomic E-state index is 3.30. The molecule has 0 unspecified atom stereocenters. The zero-order valence-corrected chi connectivity index (χ0v) is 9.18. The van der Waals surface area contributed by atoms with Crippen LogP contribution in [-0.4, -0.2) is 37.6 Å². The number of likely N-dealkylation sites (tertiary alicyclic amines) is 1. The third-order valence-corrected chi connectivity index (χ3v) is 2.99. The molecule has 0 aromatic carbocycles. The molecule has 78 valence electrons. The summed E-state index contributed by atoms with van der Waals surface area (Å²) >= 11 is 0. The van der Waals surface area contributed by atoms with Crippen molar-refractivity contribution in [2.24, 2.45) is 0 Å². The Morgan fingerprint density at radius 1 is 1.38 bits per heavy atom. The van der Waals surface area contributed by atoms with Crippen LogP contribution in [0.3, 0.4) is 0 Å². The van der Waals surface area contributed by atoms with Gasteiger partial charge in [0.05, 0.1) is 0 Å². The Bertz CT molecular complexity index is 123. The number of likely N-dealkylation sites (N-methyl/N-ethyl adjacent to an activating group) is 1. The minimum atomic E-state index is 0.810. The monoisotopic (exact) mass is 184 g/mol. The highest BCUT2D eigenvalue weighted by atomic mass is 15.2. The minimum absolute atomic E-state index is 0.810. The van der Waals surface area contributed by atoms with E-state index in [-0.39, 0.29) is 0 Å². The first-order chi connectivity index (χ1) is 6.38. The third kappa shape index (κ3) is 3.65. The van der Waals surface area contributed by atoms with Crippen molar-refractivity contribution in [3.8, 4) is 0 Å². The van der Waals surface area contributed by atoms with E-state index in [0.717, 1.165) is 6.04 Å². The summed E-state index contributed by atoms with van der Waals surface area (Å²) in [4.78, 5) is 2.67. The molecule has 1 N–H and O–H groups in total. The van der Waals surface area contributed by atoms with E-state index in [1.807, 2.05) is 0 Å². The van der Waals surface area contributed by atoms with Gasteiger partial charge in [-0.1, -0.05) is 19.8 Å². The van der Waals surface area contributed by atoms with Crippen LogP contribution in [0.25, 0.3) is 0 Å². The zero-order chi connectivity index (χ0) is 9.52. The van der Waals surface area contributed by atoms with E-state index in [9.17, 15) is 0 Å². The first kappa shape index (κ1) is 11.0. The SMILES string of the molecule is CCCCN1CCCC[C@H]1CNC. The van der Waals surface area contributed by atoms with E-state index in [2.05, 4.69) is 24.2 Å². The Balaban J connectivity index is 2.28. The number of rotatable bonds is 5. The highest BCUT2D eigenvalue weighted by Crippen LogP contribution is 2.16. The number of nitrogens with zero attached hydrogens (tertiary/aromatic N) is 1. The van der Waals surface area contributed by atoms with Crippen LogP contribution in [0, 0.1) is 0 Å². The lowest BCUT2D eigenvalue weighted by Gasteiger charge is -2.35. The van der Waals surface area contributed by atoms with E-state index in [1.54, 1.807) is 0 Å². The van der Waals surface area contributed by atoms with Crippen LogP contribution in [0.1, 0.15) is 39.0 Å². The standard InChI is InChI=1S/C11H24N2/c1-3-4-8-13-9-6-5-7-11(13)10-12-2/h11-12H,3-10H2,1-2H3/t11-/m0/s1. The summed E-state index contributed by atoms with van der Waals surface area (Å²) in [7, 11) is 2.06. The molecule has 0 aromatic rings. The molecule has 0 saturated carbocycles. The molecule has 1 rings (SSSR count). The average Bonchev–Trinajstić information content (AvgIpc) is 2.17. The first-order valence-corrected chi connectivity index (χ1v) is 5.77. The van der Waals surface area contributed by atoms with Crippen LogP contribution >= 0.6 is 0 Å². The first-order valence-electron chi connectivity index (χ1n) is 5.77. The summed E-state index contributed by atoms with van der Waals surface area (Å²) in [5, 5.41) is 3.30. The summed E-state index contributed by atoms with van der Waals surface area (Å²) < 4.78 is 0. The van der Waals surface area contributed by atoms with E-state index < -0.39 is 0 Å². The van der Waals surface area contributed by atoms with Gasteiger partial charge in [0.25, 0.3) is 0 Å². The van der Waals surface area contributed by atoms with Gasteiger partial charge in [0.1, 0.15) is 0 Å². The number of hydrogen-bond donors (Lipinski definition) is 1. The van der Waals surface area contributed by atoms with Crippen molar-refractivity contribution >= 4 is 0 Å². The Morgan fingerprint density at radius 3 is 2.92 bits per heavy atom. The molecule has 1 aliphatic rings. The van der Waals surface area contributed by atoms with Crippen LogP contribution in [0.15, 0.2) is 0 Å².